The first-order valence-electron chi connectivity index (χ1n) is 6.08. The molecule has 4 N–H and O–H groups in total. The van der Waals surface area contributed by atoms with Gasteiger partial charge in [0.15, 0.2) is 23.3 Å². The van der Waals surface area contributed by atoms with E-state index in [9.17, 15) is 13.9 Å². The normalized spacial score (nSPS) is 18.6. The van der Waals surface area contributed by atoms with Gasteiger partial charge in [-0.2, -0.15) is 0 Å². The molecule has 0 aromatic carbocycles. The Morgan fingerprint density at radius 2 is 1.94 bits per heavy atom. The van der Waals surface area contributed by atoms with Gasteiger partial charge in [-0.25, -0.2) is 13.8 Å². The highest BCUT2D eigenvalue weighted by Crippen LogP contribution is 2.28. The number of anilines is 2. The molecule has 0 amide bonds. The molecule has 0 saturated heterocycles. The molecule has 1 aromatic rings. The number of nitrogen functional groups attached to an aromatic ring is 1. The van der Waals surface area contributed by atoms with Crippen molar-refractivity contribution in [3.63, 3.8) is 0 Å². The van der Waals surface area contributed by atoms with Crippen LogP contribution in [0.15, 0.2) is 6.07 Å². The second kappa shape index (κ2) is 5.06. The molecule has 18 heavy (non-hydrogen) atoms. The van der Waals surface area contributed by atoms with E-state index in [-0.39, 0.29) is 18.2 Å². The van der Waals surface area contributed by atoms with E-state index in [0.29, 0.717) is 18.9 Å². The third-order valence-electron chi connectivity index (χ3n) is 3.33. The molecule has 1 fully saturated rings. The predicted octanol–water partition coefficient (Wildman–Crippen LogP) is 2.05. The van der Waals surface area contributed by atoms with E-state index >= 15 is 0 Å². The maximum absolute atomic E-state index is 13.4. The molecule has 0 unspecified atom stereocenters. The number of pyridine rings is 1. The van der Waals surface area contributed by atoms with E-state index < -0.39 is 17.2 Å². The molecule has 1 aromatic heterocycles. The summed E-state index contributed by atoms with van der Waals surface area (Å²) in [4.78, 5) is 3.59. The summed E-state index contributed by atoms with van der Waals surface area (Å²) in [6.07, 6.45) is 4.38. The lowest BCUT2D eigenvalue weighted by atomic mass is 9.85. The fourth-order valence-electron chi connectivity index (χ4n) is 2.24. The van der Waals surface area contributed by atoms with Crippen LogP contribution in [0.1, 0.15) is 32.1 Å². The quantitative estimate of drug-likeness (QED) is 0.775. The topological polar surface area (TPSA) is 71.2 Å². The van der Waals surface area contributed by atoms with Crippen molar-refractivity contribution in [1.29, 1.82) is 0 Å². The number of aromatic nitrogens is 1. The Balaban J connectivity index is 2.03. The van der Waals surface area contributed by atoms with Crippen molar-refractivity contribution >= 4 is 11.6 Å². The number of aliphatic hydroxyl groups is 1. The maximum atomic E-state index is 13.4. The minimum Gasteiger partial charge on any atom is -0.388 e. The molecular weight excluding hydrogens is 240 g/mol. The summed E-state index contributed by atoms with van der Waals surface area (Å²) < 4.78 is 26.3. The SMILES string of the molecule is Nc1nc(NCC2(O)CCCCC2)c(F)cc1F. The van der Waals surface area contributed by atoms with E-state index in [1.165, 1.54) is 0 Å². The zero-order valence-corrected chi connectivity index (χ0v) is 10.0. The number of hydrogen-bond donors (Lipinski definition) is 3. The summed E-state index contributed by atoms with van der Waals surface area (Å²) >= 11 is 0. The van der Waals surface area contributed by atoms with Gasteiger partial charge in [-0.3, -0.25) is 0 Å². The van der Waals surface area contributed by atoms with Crippen molar-refractivity contribution in [2.24, 2.45) is 0 Å². The second-order valence-corrected chi connectivity index (χ2v) is 4.82. The van der Waals surface area contributed by atoms with Gasteiger partial charge in [0, 0.05) is 12.6 Å². The molecule has 1 aliphatic carbocycles. The van der Waals surface area contributed by atoms with Crippen LogP contribution in [-0.2, 0) is 0 Å². The fraction of sp³-hybridized carbons (Fsp3) is 0.583. The largest absolute Gasteiger partial charge is 0.388 e. The van der Waals surface area contributed by atoms with Crippen LogP contribution in [0.5, 0.6) is 0 Å². The van der Waals surface area contributed by atoms with Crippen LogP contribution in [0.4, 0.5) is 20.4 Å². The van der Waals surface area contributed by atoms with E-state index in [0.717, 1.165) is 19.3 Å². The first-order valence-corrected chi connectivity index (χ1v) is 6.08. The summed E-state index contributed by atoms with van der Waals surface area (Å²) in [5, 5.41) is 12.9. The molecule has 1 heterocycles. The monoisotopic (exact) mass is 257 g/mol. The number of rotatable bonds is 3. The molecule has 0 bridgehead atoms. The van der Waals surface area contributed by atoms with Crippen LogP contribution in [-0.4, -0.2) is 22.2 Å². The smallest absolute Gasteiger partial charge is 0.168 e. The van der Waals surface area contributed by atoms with Gasteiger partial charge in [0.25, 0.3) is 0 Å². The van der Waals surface area contributed by atoms with E-state index in [1.54, 1.807) is 0 Å². The summed E-state index contributed by atoms with van der Waals surface area (Å²) in [7, 11) is 0. The van der Waals surface area contributed by atoms with Gasteiger partial charge in [-0.1, -0.05) is 19.3 Å². The number of nitrogens with one attached hydrogen (secondary N) is 1. The zero-order chi connectivity index (χ0) is 13.2. The van der Waals surface area contributed by atoms with Gasteiger partial charge in [0.2, 0.25) is 0 Å². The van der Waals surface area contributed by atoms with Gasteiger partial charge in [-0.05, 0) is 12.8 Å². The van der Waals surface area contributed by atoms with Crippen LogP contribution in [0.25, 0.3) is 0 Å². The van der Waals surface area contributed by atoms with Gasteiger partial charge in [-0.15, -0.1) is 0 Å². The molecular formula is C12H17F2N3O. The third-order valence-corrected chi connectivity index (χ3v) is 3.33. The fourth-order valence-corrected chi connectivity index (χ4v) is 2.24. The lowest BCUT2D eigenvalue weighted by molar-refractivity contribution is 0.0166. The van der Waals surface area contributed by atoms with Crippen molar-refractivity contribution in [3.05, 3.63) is 17.7 Å². The number of nitrogens with zero attached hydrogens (tertiary/aromatic N) is 1. The minimum absolute atomic E-state index is 0.118. The van der Waals surface area contributed by atoms with Gasteiger partial charge in [0.05, 0.1) is 5.60 Å². The standard InChI is InChI=1S/C12H17F2N3O/c13-8-6-9(14)11(17-10(8)15)16-7-12(18)4-2-1-3-5-12/h6,18H,1-5,7H2,(H3,15,16,17). The highest BCUT2D eigenvalue weighted by molar-refractivity contribution is 5.45. The van der Waals surface area contributed by atoms with Crippen molar-refractivity contribution < 1.29 is 13.9 Å². The molecule has 0 radical (unpaired) electrons. The number of nitrogens with two attached hydrogens (primary N) is 1. The second-order valence-electron chi connectivity index (χ2n) is 4.82. The predicted molar refractivity (Wildman–Crippen MR) is 65.1 cm³/mol. The number of hydrogen-bond acceptors (Lipinski definition) is 4. The van der Waals surface area contributed by atoms with Crippen LogP contribution in [0.3, 0.4) is 0 Å². The van der Waals surface area contributed by atoms with Gasteiger partial charge in [0.1, 0.15) is 0 Å². The van der Waals surface area contributed by atoms with Crippen molar-refractivity contribution in [1.82, 2.24) is 4.98 Å². The molecule has 1 saturated carbocycles. The van der Waals surface area contributed by atoms with E-state index in [4.69, 9.17) is 5.73 Å². The molecule has 4 nitrogen and oxygen atoms in total. The molecule has 6 heteroatoms. The molecule has 100 valence electrons. The van der Waals surface area contributed by atoms with Crippen molar-refractivity contribution in [3.8, 4) is 0 Å². The molecule has 0 atom stereocenters. The molecule has 1 aliphatic rings. The molecule has 2 rings (SSSR count). The first-order chi connectivity index (χ1) is 8.50. The third kappa shape index (κ3) is 2.87. The van der Waals surface area contributed by atoms with Gasteiger partial charge >= 0.3 is 0 Å². The van der Waals surface area contributed by atoms with Crippen LogP contribution < -0.4 is 11.1 Å². The van der Waals surface area contributed by atoms with E-state index in [2.05, 4.69) is 10.3 Å². The van der Waals surface area contributed by atoms with Gasteiger partial charge < -0.3 is 16.2 Å². The summed E-state index contributed by atoms with van der Waals surface area (Å²) in [6.45, 7) is 0.196. The van der Waals surface area contributed by atoms with Crippen LogP contribution >= 0.6 is 0 Å². The Morgan fingerprint density at radius 3 is 2.61 bits per heavy atom. The van der Waals surface area contributed by atoms with Crippen LogP contribution in [0.2, 0.25) is 0 Å². The highest BCUT2D eigenvalue weighted by Gasteiger charge is 2.29. The Kier molecular flexibility index (Phi) is 3.65. The summed E-state index contributed by atoms with van der Waals surface area (Å²) in [6, 6.07) is 0.690. The Labute approximate surface area is 104 Å². The lowest BCUT2D eigenvalue weighted by Gasteiger charge is -2.32. The Bertz CT molecular complexity index is 434. The average Bonchev–Trinajstić information content (AvgIpc) is 2.33. The Hall–Kier alpha value is -1.43. The maximum Gasteiger partial charge on any atom is 0.168 e. The van der Waals surface area contributed by atoms with E-state index in [1.807, 2.05) is 0 Å². The summed E-state index contributed by atoms with van der Waals surface area (Å²) in [5.41, 5.74) is 4.44. The molecule has 0 aliphatic heterocycles. The summed E-state index contributed by atoms with van der Waals surface area (Å²) in [5.74, 6) is -2.15. The van der Waals surface area contributed by atoms with Crippen molar-refractivity contribution in [2.45, 2.75) is 37.7 Å². The van der Waals surface area contributed by atoms with Crippen LogP contribution in [0, 0.1) is 11.6 Å². The zero-order valence-electron chi connectivity index (χ0n) is 10.0. The lowest BCUT2D eigenvalue weighted by Crippen LogP contribution is -2.39. The Morgan fingerprint density at radius 1 is 1.28 bits per heavy atom. The highest BCUT2D eigenvalue weighted by atomic mass is 19.1. The molecule has 0 spiro atoms. The number of halogens is 2. The minimum atomic E-state index is -0.880. The first kappa shape index (κ1) is 13.0. The average molecular weight is 257 g/mol. The van der Waals surface area contributed by atoms with Crippen molar-refractivity contribution in [2.75, 3.05) is 17.6 Å².